The molecular formula is C20H19N5O5. The van der Waals surface area contributed by atoms with E-state index in [1.165, 1.54) is 25.1 Å². The number of piperazine rings is 1. The number of nitro groups is 1. The zero-order valence-electron chi connectivity index (χ0n) is 16.2. The van der Waals surface area contributed by atoms with Crippen LogP contribution < -0.4 is 9.33 Å². The molecule has 10 heteroatoms. The Kier molecular flexibility index (Phi) is 4.82. The number of aromatic nitrogens is 2. The Bertz CT molecular complexity index is 1200. The molecule has 0 radical (unpaired) electrons. The van der Waals surface area contributed by atoms with Gasteiger partial charge in [0.15, 0.2) is 0 Å². The molecule has 0 saturated carbocycles. The monoisotopic (exact) mass is 409 g/mol. The van der Waals surface area contributed by atoms with E-state index in [-0.39, 0.29) is 28.1 Å². The van der Waals surface area contributed by atoms with Crippen molar-refractivity contribution in [3.63, 3.8) is 0 Å². The van der Waals surface area contributed by atoms with Crippen LogP contribution in [0, 0.1) is 27.2 Å². The summed E-state index contributed by atoms with van der Waals surface area (Å²) in [6.45, 7) is 3.20. The first-order chi connectivity index (χ1) is 14.4. The van der Waals surface area contributed by atoms with Crippen molar-refractivity contribution in [2.45, 2.75) is 6.92 Å². The summed E-state index contributed by atoms with van der Waals surface area (Å²) in [4.78, 5) is 39.8. The highest BCUT2D eigenvalue weighted by molar-refractivity contribution is 5.93. The first-order valence-electron chi connectivity index (χ1n) is 9.41. The molecule has 0 aliphatic carbocycles. The number of hydrogen-bond acceptors (Lipinski definition) is 6. The molecule has 2 heterocycles. The minimum atomic E-state index is -0.485. The summed E-state index contributed by atoms with van der Waals surface area (Å²) in [5.74, 6) is -0.485. The Balaban J connectivity index is 1.55. The van der Waals surface area contributed by atoms with Crippen LogP contribution in [0.2, 0.25) is 0 Å². The Morgan fingerprint density at radius 2 is 1.67 bits per heavy atom. The van der Waals surface area contributed by atoms with E-state index in [0.29, 0.717) is 35.3 Å². The van der Waals surface area contributed by atoms with Crippen LogP contribution in [0.1, 0.15) is 16.2 Å². The predicted molar refractivity (Wildman–Crippen MR) is 110 cm³/mol. The fraction of sp³-hybridized carbons (Fsp3) is 0.250. The Hall–Kier alpha value is -3.95. The molecule has 0 N–H and O–H groups in total. The molecule has 2 aromatic carbocycles. The molecule has 1 aromatic heterocycles. The van der Waals surface area contributed by atoms with Gasteiger partial charge in [0.25, 0.3) is 11.2 Å². The number of anilines is 1. The van der Waals surface area contributed by atoms with Crippen LogP contribution in [0.25, 0.3) is 11.0 Å². The Labute approximate surface area is 170 Å². The minimum absolute atomic E-state index is 0.0188. The molecule has 10 nitrogen and oxygen atoms in total. The first-order valence-corrected chi connectivity index (χ1v) is 9.41. The number of fused-ring (bicyclic) bond motifs is 1. The van der Waals surface area contributed by atoms with Gasteiger partial charge in [-0.1, -0.05) is 12.1 Å². The van der Waals surface area contributed by atoms with E-state index < -0.39 is 10.8 Å². The van der Waals surface area contributed by atoms with Crippen LogP contribution >= 0.6 is 0 Å². The standard InChI is InChI=1S/C20H19N5O5/c1-14-19(24(28)18-5-3-2-4-17(18)23(14)27)20(26)22-12-10-21(11-13-22)15-6-8-16(9-7-15)25(29)30/h2-9H,10-13H2,1H3. The molecule has 1 saturated heterocycles. The highest BCUT2D eigenvalue weighted by Gasteiger charge is 2.32. The summed E-state index contributed by atoms with van der Waals surface area (Å²) in [7, 11) is 0. The highest BCUT2D eigenvalue weighted by Crippen LogP contribution is 2.21. The van der Waals surface area contributed by atoms with Crippen LogP contribution in [0.4, 0.5) is 11.4 Å². The van der Waals surface area contributed by atoms with Gasteiger partial charge in [0.2, 0.25) is 0 Å². The number of para-hydroxylation sites is 2. The van der Waals surface area contributed by atoms with Gasteiger partial charge < -0.3 is 19.7 Å². The average Bonchev–Trinajstić information content (AvgIpc) is 2.78. The van der Waals surface area contributed by atoms with Gasteiger partial charge in [-0.2, -0.15) is 0 Å². The zero-order valence-corrected chi connectivity index (χ0v) is 16.2. The molecule has 1 aliphatic rings. The molecule has 0 spiro atoms. The third-order valence-corrected chi connectivity index (χ3v) is 5.36. The van der Waals surface area contributed by atoms with Crippen molar-refractivity contribution in [3.8, 4) is 0 Å². The Morgan fingerprint density at radius 3 is 2.30 bits per heavy atom. The van der Waals surface area contributed by atoms with Gasteiger partial charge in [-0.15, -0.1) is 0 Å². The normalized spacial score (nSPS) is 14.2. The van der Waals surface area contributed by atoms with E-state index in [4.69, 9.17) is 0 Å². The summed E-state index contributed by atoms with van der Waals surface area (Å²) in [5, 5.41) is 23.3. The predicted octanol–water partition coefficient (Wildman–Crippen LogP) is 2.08. The van der Waals surface area contributed by atoms with Crippen molar-refractivity contribution in [3.05, 3.63) is 80.1 Å². The van der Waals surface area contributed by atoms with E-state index in [0.717, 1.165) is 5.69 Å². The fourth-order valence-corrected chi connectivity index (χ4v) is 3.70. The summed E-state index contributed by atoms with van der Waals surface area (Å²) >= 11 is 0. The molecule has 30 heavy (non-hydrogen) atoms. The van der Waals surface area contributed by atoms with Crippen molar-refractivity contribution in [1.82, 2.24) is 9.63 Å². The van der Waals surface area contributed by atoms with E-state index in [9.17, 15) is 25.0 Å². The summed E-state index contributed by atoms with van der Waals surface area (Å²) in [6, 6.07) is 12.6. The second-order valence-electron chi connectivity index (χ2n) is 7.06. The second kappa shape index (κ2) is 7.47. The molecule has 154 valence electrons. The number of amides is 1. The largest absolute Gasteiger partial charge is 0.805 e. The molecule has 1 amide bonds. The number of nitrogens with zero attached hydrogens (tertiary/aromatic N) is 5. The maximum Gasteiger partial charge on any atom is 0.346 e. The molecule has 0 atom stereocenters. The summed E-state index contributed by atoms with van der Waals surface area (Å²) in [5.41, 5.74) is 1.09. The number of carbonyl (C=O) groups is 1. The molecule has 0 unspecified atom stereocenters. The second-order valence-corrected chi connectivity index (χ2v) is 7.06. The molecular weight excluding hydrogens is 390 g/mol. The molecule has 0 bridgehead atoms. The van der Waals surface area contributed by atoms with Crippen molar-refractivity contribution in [1.29, 1.82) is 0 Å². The number of benzene rings is 2. The van der Waals surface area contributed by atoms with Gasteiger partial charge in [-0.3, -0.25) is 14.9 Å². The fourth-order valence-electron chi connectivity index (χ4n) is 3.70. The van der Waals surface area contributed by atoms with Crippen molar-refractivity contribution < 1.29 is 14.1 Å². The summed E-state index contributed by atoms with van der Waals surface area (Å²) < 4.78 is 1.15. The van der Waals surface area contributed by atoms with Crippen LogP contribution in [0.3, 0.4) is 0 Å². The van der Waals surface area contributed by atoms with Crippen LogP contribution in [0.5, 0.6) is 0 Å². The third kappa shape index (κ3) is 3.21. The summed E-state index contributed by atoms with van der Waals surface area (Å²) in [6.07, 6.45) is 0. The Morgan fingerprint density at radius 1 is 1.03 bits per heavy atom. The van der Waals surface area contributed by atoms with Crippen LogP contribution in [0.15, 0.2) is 48.5 Å². The van der Waals surface area contributed by atoms with Crippen LogP contribution in [-0.4, -0.2) is 46.6 Å². The number of rotatable bonds is 3. The number of carbonyl (C=O) groups excluding carboxylic acids is 1. The van der Waals surface area contributed by atoms with E-state index in [1.807, 2.05) is 4.90 Å². The number of non-ortho nitro benzene ring substituents is 1. The number of nitro benzene ring substituents is 1. The molecule has 1 aliphatic heterocycles. The third-order valence-electron chi connectivity index (χ3n) is 5.36. The van der Waals surface area contributed by atoms with Crippen molar-refractivity contribution in [2.75, 3.05) is 31.1 Å². The molecule has 1 fully saturated rings. The lowest BCUT2D eigenvalue weighted by Gasteiger charge is -2.35. The average molecular weight is 409 g/mol. The van der Waals surface area contributed by atoms with Crippen LogP contribution in [-0.2, 0) is 0 Å². The lowest BCUT2D eigenvalue weighted by molar-refractivity contribution is -0.469. The lowest BCUT2D eigenvalue weighted by Crippen LogP contribution is -2.50. The highest BCUT2D eigenvalue weighted by atomic mass is 16.6. The maximum atomic E-state index is 13.1. The number of hydrogen-bond donors (Lipinski definition) is 0. The first kappa shape index (κ1) is 19.4. The zero-order chi connectivity index (χ0) is 21.4. The van der Waals surface area contributed by atoms with Gasteiger partial charge in [0.1, 0.15) is 5.52 Å². The lowest BCUT2D eigenvalue weighted by atomic mass is 10.2. The van der Waals surface area contributed by atoms with Gasteiger partial charge in [-0.25, -0.2) is 0 Å². The molecule has 4 rings (SSSR count). The van der Waals surface area contributed by atoms with Gasteiger partial charge in [-0.05, 0) is 25.1 Å². The SMILES string of the molecule is Cc1c(C(=O)N2CCN(c3ccc([N+](=O)[O-])cc3)CC2)[n+](=O)c2ccccc2n1[O-]. The van der Waals surface area contributed by atoms with E-state index in [2.05, 4.69) is 0 Å². The van der Waals surface area contributed by atoms with Crippen molar-refractivity contribution >= 4 is 28.3 Å². The maximum absolute atomic E-state index is 13.1. The van der Waals surface area contributed by atoms with Gasteiger partial charge in [0.05, 0.1) is 15.0 Å². The van der Waals surface area contributed by atoms with Gasteiger partial charge in [0, 0.05) is 55.0 Å². The van der Waals surface area contributed by atoms with E-state index in [1.54, 1.807) is 35.2 Å². The minimum Gasteiger partial charge on any atom is -0.805 e. The topological polar surface area (TPSA) is 118 Å². The quantitative estimate of drug-likeness (QED) is 0.371. The smallest absolute Gasteiger partial charge is 0.346 e. The van der Waals surface area contributed by atoms with Crippen molar-refractivity contribution in [2.24, 2.45) is 0 Å². The van der Waals surface area contributed by atoms with E-state index >= 15 is 0 Å². The molecule has 3 aromatic rings. The van der Waals surface area contributed by atoms with Gasteiger partial charge >= 0.3 is 11.6 Å².